The van der Waals surface area contributed by atoms with E-state index in [0.29, 0.717) is 85.9 Å². The van der Waals surface area contributed by atoms with Crippen LogP contribution in [-0.2, 0) is 13.1 Å². The number of anilines is 1. The smallest absolute Gasteiger partial charge is 0.492 e. The Balaban J connectivity index is 0.000000763. The molecule has 6 rings (SSSR count). The molecule has 0 spiro atoms. The Morgan fingerprint density at radius 1 is 1.16 bits per heavy atom. The molecule has 1 aromatic heterocycles. The van der Waals surface area contributed by atoms with Gasteiger partial charge in [-0.15, -0.1) is 0 Å². The molecule has 3 aliphatic heterocycles. The van der Waals surface area contributed by atoms with Gasteiger partial charge in [-0.2, -0.15) is 13.2 Å². The number of aliphatic imine (C=N–C) groups is 3. The summed E-state index contributed by atoms with van der Waals surface area (Å²) in [5.74, 6) is 0.987. The van der Waals surface area contributed by atoms with Crippen LogP contribution < -0.4 is 26.9 Å². The Bertz CT molecular complexity index is 1640. The molecule has 3 aromatic rings. The van der Waals surface area contributed by atoms with E-state index in [2.05, 4.69) is 56.8 Å². The number of benzene rings is 2. The van der Waals surface area contributed by atoms with Crippen molar-refractivity contribution in [2.45, 2.75) is 46.5 Å². The fourth-order valence-corrected chi connectivity index (χ4v) is 4.79. The lowest BCUT2D eigenvalue weighted by Crippen LogP contribution is -2.42. The predicted molar refractivity (Wildman–Crippen MR) is 187 cm³/mol. The number of alkyl halides is 3. The number of nitrogens with one attached hydrogen (secondary N) is 2. The molecule has 1 amide bonds. The van der Waals surface area contributed by atoms with E-state index >= 15 is 0 Å². The summed E-state index contributed by atoms with van der Waals surface area (Å²) in [6.07, 6.45) is -2.90. The number of hydrogen-bond donors (Lipinski definition) is 4. The van der Waals surface area contributed by atoms with Crippen LogP contribution in [-0.4, -0.2) is 81.0 Å². The van der Waals surface area contributed by atoms with Crippen LogP contribution in [0.1, 0.15) is 47.7 Å². The van der Waals surface area contributed by atoms with Crippen LogP contribution in [0, 0.1) is 12.3 Å². The van der Waals surface area contributed by atoms with E-state index < -0.39 is 18.5 Å². The number of halogens is 4. The van der Waals surface area contributed by atoms with E-state index in [-0.39, 0.29) is 11.3 Å². The molecule has 17 heteroatoms. The Morgan fingerprint density at radius 2 is 1.86 bits per heavy atom. The quantitative estimate of drug-likeness (QED) is 0.212. The van der Waals surface area contributed by atoms with Crippen molar-refractivity contribution < 1.29 is 36.6 Å². The monoisotopic (exact) mass is 725 g/mol. The van der Waals surface area contributed by atoms with Crippen LogP contribution in [0.2, 0.25) is 5.02 Å². The minimum atomic E-state index is -4.23. The normalized spacial score (nSPS) is 15.9. The highest BCUT2D eigenvalue weighted by Gasteiger charge is 2.26. The van der Waals surface area contributed by atoms with Gasteiger partial charge < -0.3 is 35.0 Å². The summed E-state index contributed by atoms with van der Waals surface area (Å²) < 4.78 is 49.5. The van der Waals surface area contributed by atoms with E-state index in [1.165, 1.54) is 0 Å². The largest absolute Gasteiger partial charge is 0.519 e. The molecule has 2 aromatic carbocycles. The van der Waals surface area contributed by atoms with Gasteiger partial charge in [0, 0.05) is 38.0 Å². The number of ether oxygens (including phenoxy) is 1. The van der Waals surface area contributed by atoms with Gasteiger partial charge in [0.25, 0.3) is 5.91 Å². The van der Waals surface area contributed by atoms with Crippen molar-refractivity contribution in [3.05, 3.63) is 80.8 Å². The molecule has 0 saturated carbocycles. The van der Waals surface area contributed by atoms with E-state index in [0.717, 1.165) is 18.4 Å². The van der Waals surface area contributed by atoms with Gasteiger partial charge in [-0.05, 0) is 67.4 Å². The number of aryl methyl sites for hydroxylation is 1. The third-order valence-corrected chi connectivity index (χ3v) is 7.09. The first-order valence-corrected chi connectivity index (χ1v) is 15.7. The van der Waals surface area contributed by atoms with Crippen LogP contribution in [0.15, 0.2) is 71.1 Å². The van der Waals surface area contributed by atoms with Gasteiger partial charge in [0.15, 0.2) is 5.76 Å². The highest BCUT2D eigenvalue weighted by atomic mass is 35.5. The Kier molecular flexibility index (Phi) is 16.7. The molecule has 274 valence electrons. The van der Waals surface area contributed by atoms with Crippen molar-refractivity contribution in [3.8, 4) is 5.75 Å². The van der Waals surface area contributed by atoms with Crippen LogP contribution in [0.5, 0.6) is 5.75 Å². The highest BCUT2D eigenvalue weighted by molar-refractivity contribution is 6.32. The van der Waals surface area contributed by atoms with Crippen molar-refractivity contribution in [2.24, 2.45) is 26.1 Å². The first kappa shape index (κ1) is 41.5. The minimum Gasteiger partial charge on any atom is -0.492 e. The summed E-state index contributed by atoms with van der Waals surface area (Å²) in [6.45, 7) is 11.1. The number of aliphatic hydroxyl groups is 1. The van der Waals surface area contributed by atoms with E-state index in [1.807, 2.05) is 18.2 Å². The van der Waals surface area contributed by atoms with Crippen LogP contribution in [0.25, 0.3) is 0 Å². The minimum absolute atomic E-state index is 0.172. The van der Waals surface area contributed by atoms with Crippen molar-refractivity contribution in [1.82, 2.24) is 10.2 Å². The number of fused-ring (bicyclic) bond motifs is 2. The number of nitrogens with zero attached hydrogens (tertiary/aromatic N) is 4. The fourth-order valence-electron chi connectivity index (χ4n) is 4.53. The number of hydrogen-bond acceptors (Lipinski definition) is 11. The number of aliphatic hydroxyl groups excluding tert-OH is 1. The summed E-state index contributed by atoms with van der Waals surface area (Å²) in [5, 5.41) is 13.7. The van der Waals surface area contributed by atoms with E-state index in [9.17, 15) is 22.8 Å². The van der Waals surface area contributed by atoms with Crippen molar-refractivity contribution in [1.29, 1.82) is 0 Å². The summed E-state index contributed by atoms with van der Waals surface area (Å²) in [6, 6.07) is 12.6. The van der Waals surface area contributed by atoms with Gasteiger partial charge in [-0.25, -0.2) is 14.8 Å². The molecular formula is C33H43ClF3N7O6. The molecule has 4 heterocycles. The Hall–Kier alpha value is -4.67. The third kappa shape index (κ3) is 14.8. The zero-order chi connectivity index (χ0) is 37.3. The highest BCUT2D eigenvalue weighted by Crippen LogP contribution is 2.26. The molecule has 5 N–H and O–H groups in total. The predicted octanol–water partition coefficient (Wildman–Crippen LogP) is 5.05. The summed E-state index contributed by atoms with van der Waals surface area (Å²) in [4.78, 5) is 37.9. The number of nitrogens with two attached hydrogens (primary N) is 1. The molecule has 0 atom stereocenters. The van der Waals surface area contributed by atoms with Gasteiger partial charge in [-0.1, -0.05) is 31.5 Å². The van der Waals surface area contributed by atoms with Crippen LogP contribution in [0.4, 0.5) is 18.9 Å². The van der Waals surface area contributed by atoms with Crippen LogP contribution >= 0.6 is 11.6 Å². The van der Waals surface area contributed by atoms with Gasteiger partial charge in [-0.3, -0.25) is 14.7 Å². The summed E-state index contributed by atoms with van der Waals surface area (Å²) in [7, 11) is 1.00. The number of rotatable bonds is 3. The number of carbonyl (C=O) groups is 1. The average molecular weight is 726 g/mol. The number of amides is 1. The Labute approximate surface area is 293 Å². The standard InChI is InChI=1S/C29H34ClN5O5.C3H5F3N2.CH4O/c1-19-25(40-28(37)39-19)16-35-12-5-13-38-24-11-6-20(14-23(24)30)15-32-27(31-4)34-22-9-7-21(8-10-22)26(36)33-17-29(2,3)18-35;4-3(5,6)1-8-2-7;1-2/h6-11,14H,4-5,12-13,15-18H2,1-3H3,(H,32,34)(H,33,36);2H,1H2,(H2,7,8);2H,1H3. The maximum atomic E-state index is 12.9. The van der Waals surface area contributed by atoms with E-state index in [1.54, 1.807) is 31.2 Å². The molecule has 0 saturated heterocycles. The topological polar surface area (TPSA) is 180 Å². The van der Waals surface area contributed by atoms with Gasteiger partial charge in [0.2, 0.25) is 5.96 Å². The molecule has 0 unspecified atom stereocenters. The van der Waals surface area contributed by atoms with Crippen molar-refractivity contribution >= 4 is 42.2 Å². The molecule has 0 fully saturated rings. The fraction of sp³-hybridized carbons (Fsp3) is 0.424. The SMILES string of the molecule is C=NC1=NCc2ccc(c(Cl)c2)OCCCN(Cc2oc(=O)oc2C)CC(C)(C)CNC(=O)c2ccc(cc2)N1.CO.NC=NCC(F)(F)F. The van der Waals surface area contributed by atoms with Crippen LogP contribution in [0.3, 0.4) is 0 Å². The molecule has 50 heavy (non-hydrogen) atoms. The lowest BCUT2D eigenvalue weighted by molar-refractivity contribution is -0.118. The first-order valence-electron chi connectivity index (χ1n) is 15.3. The second-order valence-electron chi connectivity index (χ2n) is 11.6. The maximum Gasteiger partial charge on any atom is 0.519 e. The first-order chi connectivity index (χ1) is 23.7. The van der Waals surface area contributed by atoms with Gasteiger partial charge in [0.05, 0.1) is 31.1 Å². The lowest BCUT2D eigenvalue weighted by atomic mass is 9.92. The summed E-state index contributed by atoms with van der Waals surface area (Å²) in [5.41, 5.74) is 6.40. The van der Waals surface area contributed by atoms with Gasteiger partial charge in [0.1, 0.15) is 18.1 Å². The Morgan fingerprint density at radius 3 is 2.42 bits per heavy atom. The molecule has 0 radical (unpaired) electrons. The van der Waals surface area contributed by atoms with Crippen molar-refractivity contribution in [3.63, 3.8) is 0 Å². The second-order valence-corrected chi connectivity index (χ2v) is 12.0. The van der Waals surface area contributed by atoms with Gasteiger partial charge >= 0.3 is 12.0 Å². The van der Waals surface area contributed by atoms with E-state index in [4.69, 9.17) is 30.3 Å². The molecule has 3 aliphatic rings. The molecule has 13 nitrogen and oxygen atoms in total. The van der Waals surface area contributed by atoms with Crippen molar-refractivity contribution in [2.75, 3.05) is 45.2 Å². The zero-order valence-electron chi connectivity index (χ0n) is 28.3. The average Bonchev–Trinajstić information content (AvgIpc) is 3.39. The lowest BCUT2D eigenvalue weighted by Gasteiger charge is -2.32. The number of guanidine groups is 1. The third-order valence-electron chi connectivity index (χ3n) is 6.79. The molecule has 0 aliphatic carbocycles. The number of carbonyl (C=O) groups excluding carboxylic acids is 1. The second kappa shape index (κ2) is 20.1. The zero-order valence-corrected chi connectivity index (χ0v) is 29.1. The maximum absolute atomic E-state index is 12.9. The molecular weight excluding hydrogens is 683 g/mol. The summed E-state index contributed by atoms with van der Waals surface area (Å²) >= 11 is 6.49. The molecule has 4 bridgehead atoms.